The molecule has 1 aromatic heterocycles. The predicted molar refractivity (Wildman–Crippen MR) is 227 cm³/mol. The van der Waals surface area contributed by atoms with Gasteiger partial charge in [-0.15, -0.1) is 0 Å². The molecule has 6 aromatic rings. The minimum atomic E-state index is -3.55. The van der Waals surface area contributed by atoms with E-state index in [2.05, 4.69) is 56.8 Å². The maximum absolute atomic E-state index is 14.7. The lowest BCUT2D eigenvalue weighted by molar-refractivity contribution is 0.102. The van der Waals surface area contributed by atoms with Crippen LogP contribution in [-0.2, 0) is 15.4 Å². The zero-order valence-electron chi connectivity index (χ0n) is 32.9. The highest BCUT2D eigenvalue weighted by molar-refractivity contribution is 7.92. The Kier molecular flexibility index (Phi) is 9.74. The van der Waals surface area contributed by atoms with Crippen molar-refractivity contribution in [2.45, 2.75) is 46.5 Å². The SMILES string of the molecule is CN(C)c1nc2c(Oc3ccc(C(C)(C)CC(C)(C)C)cc3)cc(Nc3cccc(NS(C)(=O)=O)c3)c3c2c(c1C(=O)c1ccccc1)-c1ccccc1C3=O. The van der Waals surface area contributed by atoms with Crippen molar-refractivity contribution in [3.8, 4) is 22.6 Å². The minimum Gasteiger partial charge on any atom is -0.455 e. The molecule has 0 saturated carbocycles. The molecule has 0 bridgehead atoms. The number of hydrogen-bond donors (Lipinski definition) is 2. The summed E-state index contributed by atoms with van der Waals surface area (Å²) >= 11 is 0. The number of anilines is 4. The summed E-state index contributed by atoms with van der Waals surface area (Å²) in [6.45, 7) is 11.2. The highest BCUT2D eigenvalue weighted by Crippen LogP contribution is 2.50. The second-order valence-corrected chi connectivity index (χ2v) is 18.2. The van der Waals surface area contributed by atoms with Gasteiger partial charge in [-0.3, -0.25) is 14.3 Å². The van der Waals surface area contributed by atoms with Crippen molar-refractivity contribution in [2.24, 2.45) is 5.41 Å². The van der Waals surface area contributed by atoms with Crippen LogP contribution in [0.25, 0.3) is 22.0 Å². The third kappa shape index (κ3) is 7.62. The Morgan fingerprint density at radius 1 is 0.786 bits per heavy atom. The number of sulfonamides is 1. The number of ether oxygens (including phenoxy) is 1. The van der Waals surface area contributed by atoms with E-state index in [1.54, 1.807) is 48.5 Å². The lowest BCUT2D eigenvalue weighted by atomic mass is 9.72. The van der Waals surface area contributed by atoms with Crippen LogP contribution in [0.3, 0.4) is 0 Å². The molecule has 0 spiro atoms. The molecule has 7 rings (SSSR count). The molecule has 5 aromatic carbocycles. The molecule has 0 atom stereocenters. The van der Waals surface area contributed by atoms with E-state index in [4.69, 9.17) is 9.72 Å². The third-order valence-corrected chi connectivity index (χ3v) is 10.4. The van der Waals surface area contributed by atoms with Gasteiger partial charge in [0.15, 0.2) is 17.3 Å². The second kappa shape index (κ2) is 14.3. The summed E-state index contributed by atoms with van der Waals surface area (Å²) in [6, 6.07) is 33.0. The topological polar surface area (TPSA) is 118 Å². The number of nitrogens with zero attached hydrogens (tertiary/aromatic N) is 2. The lowest BCUT2D eigenvalue weighted by Gasteiger charge is -2.33. The van der Waals surface area contributed by atoms with Crippen molar-refractivity contribution in [2.75, 3.05) is 35.3 Å². The van der Waals surface area contributed by atoms with E-state index in [0.717, 1.165) is 12.7 Å². The van der Waals surface area contributed by atoms with Gasteiger partial charge < -0.3 is 15.0 Å². The molecule has 0 amide bonds. The van der Waals surface area contributed by atoms with Gasteiger partial charge in [0.25, 0.3) is 0 Å². The van der Waals surface area contributed by atoms with Gasteiger partial charge in [-0.2, -0.15) is 0 Å². The van der Waals surface area contributed by atoms with Gasteiger partial charge in [0.2, 0.25) is 10.0 Å². The Balaban J connectivity index is 1.50. The number of hydrogen-bond acceptors (Lipinski definition) is 8. The average molecular weight is 767 g/mol. The van der Waals surface area contributed by atoms with Gasteiger partial charge in [0, 0.05) is 47.9 Å². The highest BCUT2D eigenvalue weighted by atomic mass is 32.2. The first kappa shape index (κ1) is 38.3. The molecular weight excluding hydrogens is 721 g/mol. The number of rotatable bonds is 11. The van der Waals surface area contributed by atoms with Gasteiger partial charge >= 0.3 is 0 Å². The van der Waals surface area contributed by atoms with Gasteiger partial charge in [0.05, 0.1) is 28.8 Å². The van der Waals surface area contributed by atoms with Crippen LogP contribution < -0.4 is 19.7 Å². The molecule has 0 unspecified atom stereocenters. The number of fused-ring (bicyclic) bond motifs is 2. The predicted octanol–water partition coefficient (Wildman–Crippen LogP) is 10.4. The van der Waals surface area contributed by atoms with E-state index in [9.17, 15) is 18.0 Å². The molecule has 56 heavy (non-hydrogen) atoms. The van der Waals surface area contributed by atoms with Crippen molar-refractivity contribution in [1.29, 1.82) is 0 Å². The van der Waals surface area contributed by atoms with Crippen LogP contribution >= 0.6 is 0 Å². The van der Waals surface area contributed by atoms with Crippen LogP contribution in [0.15, 0.2) is 109 Å². The Labute approximate surface area is 328 Å². The summed E-state index contributed by atoms with van der Waals surface area (Å²) in [7, 11) is 0.132. The standard InChI is InChI=1S/C46H46N4O5S/c1-45(2,3)27-46(4,5)29-21-23-32(24-22-29)55-36-26-35(47-30-17-14-18-31(25-30)49-56(8,53)54)38-39-37(33-19-12-13-20-34(33)43(38)52)40(44(50(6)7)48-41(36)39)42(51)28-15-10-9-11-16-28/h9-26,47,49H,27H2,1-8H3. The average Bonchev–Trinajstić information content (AvgIpc) is 3.12. The summed E-state index contributed by atoms with van der Waals surface area (Å²) < 4.78 is 33.5. The molecule has 1 aliphatic carbocycles. The first-order valence-corrected chi connectivity index (χ1v) is 20.4. The first-order chi connectivity index (χ1) is 26.4. The molecule has 10 heteroatoms. The van der Waals surface area contributed by atoms with Crippen molar-refractivity contribution < 1.29 is 22.7 Å². The fourth-order valence-electron chi connectivity index (χ4n) is 7.95. The van der Waals surface area contributed by atoms with Crippen LogP contribution in [0, 0.1) is 5.41 Å². The third-order valence-electron chi connectivity index (χ3n) is 9.84. The van der Waals surface area contributed by atoms with Crippen LogP contribution in [0.2, 0.25) is 0 Å². The number of carbonyl (C=O) groups excluding carboxylic acids is 2. The minimum absolute atomic E-state index is 0.0772. The van der Waals surface area contributed by atoms with Gasteiger partial charge in [0.1, 0.15) is 17.1 Å². The summed E-state index contributed by atoms with van der Waals surface area (Å²) in [6.07, 6.45) is 2.07. The summed E-state index contributed by atoms with van der Waals surface area (Å²) in [5.74, 6) is 0.889. The van der Waals surface area contributed by atoms with E-state index in [0.29, 0.717) is 78.7 Å². The van der Waals surface area contributed by atoms with Crippen molar-refractivity contribution in [3.63, 3.8) is 0 Å². The quantitative estimate of drug-likeness (QED) is 0.125. The molecule has 0 aliphatic heterocycles. The molecule has 286 valence electrons. The van der Waals surface area contributed by atoms with Crippen LogP contribution in [0.4, 0.5) is 22.9 Å². The Morgan fingerprint density at radius 3 is 2.07 bits per heavy atom. The van der Waals surface area contributed by atoms with Crippen LogP contribution in [0.5, 0.6) is 11.5 Å². The van der Waals surface area contributed by atoms with E-state index in [1.165, 1.54) is 5.56 Å². The molecule has 9 nitrogen and oxygen atoms in total. The normalized spacial score (nSPS) is 12.6. The maximum atomic E-state index is 14.7. The zero-order chi connectivity index (χ0) is 40.2. The van der Waals surface area contributed by atoms with E-state index in [1.807, 2.05) is 67.5 Å². The molecule has 1 aliphatic rings. The summed E-state index contributed by atoms with van der Waals surface area (Å²) in [5.41, 5.74) is 5.75. The van der Waals surface area contributed by atoms with Crippen LogP contribution in [0.1, 0.15) is 78.4 Å². The maximum Gasteiger partial charge on any atom is 0.229 e. The molecule has 0 fully saturated rings. The number of carbonyl (C=O) groups is 2. The highest BCUT2D eigenvalue weighted by Gasteiger charge is 2.36. The molecule has 2 N–H and O–H groups in total. The van der Waals surface area contributed by atoms with Crippen molar-refractivity contribution >= 4 is 55.4 Å². The monoisotopic (exact) mass is 766 g/mol. The smallest absolute Gasteiger partial charge is 0.229 e. The van der Waals surface area contributed by atoms with Gasteiger partial charge in [-0.25, -0.2) is 13.4 Å². The number of aromatic nitrogens is 1. The molecule has 1 heterocycles. The number of ketones is 2. The van der Waals surface area contributed by atoms with Crippen molar-refractivity contribution in [3.05, 3.63) is 137 Å². The Morgan fingerprint density at radius 2 is 1.43 bits per heavy atom. The lowest BCUT2D eigenvalue weighted by Crippen LogP contribution is -2.24. The summed E-state index contributed by atoms with van der Waals surface area (Å²) in [5, 5.41) is 3.88. The van der Waals surface area contributed by atoms with E-state index < -0.39 is 10.0 Å². The Hall–Kier alpha value is -6.00. The number of benzene rings is 5. The first-order valence-electron chi connectivity index (χ1n) is 18.5. The second-order valence-electron chi connectivity index (χ2n) is 16.5. The fourth-order valence-corrected chi connectivity index (χ4v) is 8.50. The number of nitrogens with one attached hydrogen (secondary N) is 2. The molecular formula is C46H46N4O5S. The zero-order valence-corrected chi connectivity index (χ0v) is 33.8. The van der Waals surface area contributed by atoms with Gasteiger partial charge in [-0.05, 0) is 58.7 Å². The fraction of sp³-hybridized carbons (Fsp3) is 0.239. The van der Waals surface area contributed by atoms with Crippen molar-refractivity contribution in [1.82, 2.24) is 4.98 Å². The van der Waals surface area contributed by atoms with E-state index >= 15 is 0 Å². The van der Waals surface area contributed by atoms with Crippen LogP contribution in [-0.4, -0.2) is 45.3 Å². The molecule has 0 radical (unpaired) electrons. The Bertz CT molecular complexity index is 2630. The van der Waals surface area contributed by atoms with E-state index in [-0.39, 0.29) is 22.4 Å². The number of pyridine rings is 1. The molecule has 0 saturated heterocycles. The largest absolute Gasteiger partial charge is 0.455 e. The van der Waals surface area contributed by atoms with Gasteiger partial charge in [-0.1, -0.05) is 107 Å². The summed E-state index contributed by atoms with van der Waals surface area (Å²) in [4.78, 5) is 36.4.